The first-order valence-electron chi connectivity index (χ1n) is 11.0. The third kappa shape index (κ3) is 6.43. The minimum atomic E-state index is -0.994. The molecule has 1 aromatic carbocycles. The van der Waals surface area contributed by atoms with Crippen molar-refractivity contribution in [2.75, 3.05) is 25.3 Å². The molecule has 2 atom stereocenters. The molecular weight excluding hydrogens is 458 g/mol. The van der Waals surface area contributed by atoms with E-state index in [1.807, 2.05) is 0 Å². The summed E-state index contributed by atoms with van der Waals surface area (Å²) < 4.78 is 9.26. The van der Waals surface area contributed by atoms with E-state index in [1.54, 1.807) is 24.3 Å². The summed E-state index contributed by atoms with van der Waals surface area (Å²) in [5.41, 5.74) is 6.75. The molecule has 186 valence electrons. The second kappa shape index (κ2) is 11.3. The molecule has 0 bridgehead atoms. The smallest absolute Gasteiger partial charge is 0.328 e. The van der Waals surface area contributed by atoms with E-state index in [0.717, 1.165) is 5.56 Å². The normalized spacial score (nSPS) is 15.4. The van der Waals surface area contributed by atoms with Gasteiger partial charge < -0.3 is 25.8 Å². The number of H-pyrrole nitrogens is 1. The molecule has 0 saturated heterocycles. The maximum absolute atomic E-state index is 12.6. The van der Waals surface area contributed by atoms with Crippen LogP contribution in [0.1, 0.15) is 40.7 Å². The van der Waals surface area contributed by atoms with E-state index in [4.69, 9.17) is 10.5 Å². The van der Waals surface area contributed by atoms with E-state index in [1.165, 1.54) is 14.2 Å². The number of benzene rings is 1. The number of carbonyl (C=O) groups excluding carboxylic acids is 4. The molecule has 1 aliphatic rings. The Morgan fingerprint density at radius 3 is 2.54 bits per heavy atom. The van der Waals surface area contributed by atoms with Crippen molar-refractivity contribution in [1.29, 1.82) is 0 Å². The number of rotatable bonds is 9. The Labute approximate surface area is 200 Å². The predicted molar refractivity (Wildman–Crippen MR) is 124 cm³/mol. The largest absolute Gasteiger partial charge is 0.469 e. The van der Waals surface area contributed by atoms with Gasteiger partial charge in [0, 0.05) is 17.9 Å². The number of ether oxygens (including phenoxy) is 2. The van der Waals surface area contributed by atoms with Crippen molar-refractivity contribution >= 4 is 35.5 Å². The fourth-order valence-electron chi connectivity index (χ4n) is 3.76. The van der Waals surface area contributed by atoms with E-state index in [-0.39, 0.29) is 42.5 Å². The number of hydrogen-bond donors (Lipinski definition) is 4. The monoisotopic (exact) mass is 485 g/mol. The van der Waals surface area contributed by atoms with Gasteiger partial charge in [-0.25, -0.2) is 4.79 Å². The van der Waals surface area contributed by atoms with Crippen molar-refractivity contribution in [2.24, 2.45) is 5.92 Å². The van der Waals surface area contributed by atoms with Crippen LogP contribution >= 0.6 is 0 Å². The van der Waals surface area contributed by atoms with Crippen LogP contribution in [-0.4, -0.2) is 54.0 Å². The zero-order valence-corrected chi connectivity index (χ0v) is 19.4. The summed E-state index contributed by atoms with van der Waals surface area (Å²) in [6.45, 7) is 0. The van der Waals surface area contributed by atoms with Gasteiger partial charge in [0.25, 0.3) is 11.5 Å². The zero-order chi connectivity index (χ0) is 25.5. The summed E-state index contributed by atoms with van der Waals surface area (Å²) in [5.74, 6) is -2.16. The number of nitrogens with zero attached hydrogens (tertiary/aromatic N) is 1. The molecule has 1 aromatic heterocycles. The molecule has 3 rings (SSSR count). The predicted octanol–water partition coefficient (Wildman–Crippen LogP) is 0.320. The highest BCUT2D eigenvalue weighted by Crippen LogP contribution is 2.24. The number of aromatic nitrogens is 2. The molecule has 0 fully saturated rings. The molecule has 2 aromatic rings. The van der Waals surface area contributed by atoms with E-state index < -0.39 is 29.8 Å². The molecule has 1 unspecified atom stereocenters. The van der Waals surface area contributed by atoms with Crippen molar-refractivity contribution in [3.05, 3.63) is 51.3 Å². The van der Waals surface area contributed by atoms with Crippen molar-refractivity contribution in [1.82, 2.24) is 15.3 Å². The highest BCUT2D eigenvalue weighted by Gasteiger charge is 2.29. The number of hydrogen-bond acceptors (Lipinski definition) is 9. The van der Waals surface area contributed by atoms with Crippen LogP contribution in [-0.2, 0) is 36.7 Å². The Balaban J connectivity index is 1.58. The number of fused-ring (bicyclic) bond motifs is 1. The summed E-state index contributed by atoms with van der Waals surface area (Å²) in [5, 5.41) is 5.20. The first-order valence-corrected chi connectivity index (χ1v) is 11.0. The number of carbonyl (C=O) groups is 4. The quantitative estimate of drug-likeness (QED) is 0.363. The number of nitrogens with two attached hydrogens (primary N) is 1. The lowest BCUT2D eigenvalue weighted by Gasteiger charge is -2.23. The van der Waals surface area contributed by atoms with Gasteiger partial charge in [0.05, 0.1) is 19.8 Å². The molecule has 1 aliphatic heterocycles. The molecule has 2 amide bonds. The van der Waals surface area contributed by atoms with Crippen LogP contribution in [0.2, 0.25) is 0 Å². The van der Waals surface area contributed by atoms with Crippen LogP contribution in [0.4, 0.5) is 11.8 Å². The van der Waals surface area contributed by atoms with E-state index in [9.17, 15) is 24.0 Å². The fraction of sp³-hybridized carbons (Fsp3) is 0.391. The minimum absolute atomic E-state index is 0.0424. The Bertz CT molecular complexity index is 1180. The van der Waals surface area contributed by atoms with Gasteiger partial charge in [0.15, 0.2) is 0 Å². The third-order valence-corrected chi connectivity index (χ3v) is 5.75. The minimum Gasteiger partial charge on any atom is -0.469 e. The number of nitrogen functional groups attached to an aromatic ring is 1. The van der Waals surface area contributed by atoms with Gasteiger partial charge >= 0.3 is 11.9 Å². The topological polar surface area (TPSA) is 183 Å². The average Bonchev–Trinajstić information content (AvgIpc) is 2.84. The average molecular weight is 485 g/mol. The number of anilines is 2. The van der Waals surface area contributed by atoms with Crippen molar-refractivity contribution < 1.29 is 28.7 Å². The summed E-state index contributed by atoms with van der Waals surface area (Å²) in [6.07, 6.45) is 1.27. The van der Waals surface area contributed by atoms with Crippen molar-refractivity contribution in [3.8, 4) is 0 Å². The number of esters is 2. The summed E-state index contributed by atoms with van der Waals surface area (Å²) in [4.78, 5) is 66.9. The van der Waals surface area contributed by atoms with Crippen molar-refractivity contribution in [2.45, 2.75) is 38.1 Å². The number of methoxy groups -OCH3 is 2. The van der Waals surface area contributed by atoms with Crippen LogP contribution in [0.15, 0.2) is 29.1 Å². The lowest BCUT2D eigenvalue weighted by atomic mass is 9.90. The van der Waals surface area contributed by atoms with Crippen LogP contribution in [0.5, 0.6) is 0 Å². The third-order valence-electron chi connectivity index (χ3n) is 5.75. The number of aryl methyl sites for hydroxylation is 1. The van der Waals surface area contributed by atoms with Gasteiger partial charge in [-0.3, -0.25) is 24.2 Å². The first kappa shape index (κ1) is 25.4. The summed E-state index contributed by atoms with van der Waals surface area (Å²) in [6, 6.07) is 5.72. The molecule has 0 aliphatic carbocycles. The van der Waals surface area contributed by atoms with Crippen LogP contribution in [0, 0.1) is 5.92 Å². The first-order chi connectivity index (χ1) is 16.7. The lowest BCUT2D eigenvalue weighted by molar-refractivity contribution is -0.144. The molecular formula is C23H27N5O7. The molecule has 12 nitrogen and oxygen atoms in total. The number of amides is 2. The Hall–Kier alpha value is -4.22. The Kier molecular flexibility index (Phi) is 8.18. The van der Waals surface area contributed by atoms with Gasteiger partial charge in [-0.1, -0.05) is 12.1 Å². The standard InChI is InChI=1S/C23H27N5O7/c1-34-17(29)10-9-16(22(33)35-2)25-19(30)13-6-3-12(4-7-13)5-8-14-11-15-18(26-20(14)31)27-23(24)28-21(15)32/h3-4,6-7,14,16H,5,8-11H2,1-2H3,(H,25,30)(H4,24,26,27,28,31,32)/t14?,16-/m0/s1. The Morgan fingerprint density at radius 2 is 1.89 bits per heavy atom. The van der Waals surface area contributed by atoms with Gasteiger partial charge in [0.2, 0.25) is 11.9 Å². The highest BCUT2D eigenvalue weighted by molar-refractivity contribution is 5.97. The molecule has 0 spiro atoms. The lowest BCUT2D eigenvalue weighted by Crippen LogP contribution is -2.41. The molecule has 0 radical (unpaired) electrons. The van der Waals surface area contributed by atoms with Gasteiger partial charge in [-0.05, 0) is 43.4 Å². The van der Waals surface area contributed by atoms with E-state index in [0.29, 0.717) is 24.0 Å². The van der Waals surface area contributed by atoms with E-state index >= 15 is 0 Å². The van der Waals surface area contributed by atoms with E-state index in [2.05, 4.69) is 25.3 Å². The number of aromatic amines is 1. The molecule has 0 saturated carbocycles. The van der Waals surface area contributed by atoms with Gasteiger partial charge in [-0.15, -0.1) is 0 Å². The summed E-state index contributed by atoms with van der Waals surface area (Å²) >= 11 is 0. The SMILES string of the molecule is COC(=O)CC[C@H](NC(=O)c1ccc(CCC2Cc3c(nc(N)[nH]c3=O)NC2=O)cc1)C(=O)OC. The Morgan fingerprint density at radius 1 is 1.17 bits per heavy atom. The van der Waals surface area contributed by atoms with Gasteiger partial charge in [0.1, 0.15) is 11.9 Å². The summed E-state index contributed by atoms with van der Waals surface area (Å²) in [7, 11) is 2.43. The molecule has 5 N–H and O–H groups in total. The van der Waals surface area contributed by atoms with Gasteiger partial charge in [-0.2, -0.15) is 4.98 Å². The second-order valence-corrected chi connectivity index (χ2v) is 8.07. The van der Waals surface area contributed by atoms with Crippen LogP contribution in [0.25, 0.3) is 0 Å². The van der Waals surface area contributed by atoms with Crippen molar-refractivity contribution in [3.63, 3.8) is 0 Å². The van der Waals surface area contributed by atoms with Crippen LogP contribution < -0.4 is 21.9 Å². The maximum atomic E-state index is 12.6. The maximum Gasteiger partial charge on any atom is 0.328 e. The highest BCUT2D eigenvalue weighted by atomic mass is 16.5. The number of nitrogens with one attached hydrogen (secondary N) is 3. The zero-order valence-electron chi connectivity index (χ0n) is 19.4. The molecule has 2 heterocycles. The fourth-order valence-corrected chi connectivity index (χ4v) is 3.76. The van der Waals surface area contributed by atoms with Crippen LogP contribution in [0.3, 0.4) is 0 Å². The molecule has 12 heteroatoms. The molecule has 35 heavy (non-hydrogen) atoms. The second-order valence-electron chi connectivity index (χ2n) is 8.07.